The Kier molecular flexibility index (Phi) is 5.64. The van der Waals surface area contributed by atoms with Crippen LogP contribution < -0.4 is 9.47 Å². The molecule has 3 aromatic carbocycles. The van der Waals surface area contributed by atoms with Crippen molar-refractivity contribution in [2.45, 2.75) is 0 Å². The molecule has 5 nitrogen and oxygen atoms in total. The Balaban J connectivity index is 1.82. The summed E-state index contributed by atoms with van der Waals surface area (Å²) in [4.78, 5) is 24.5. The number of halogens is 2. The van der Waals surface area contributed by atoms with Crippen molar-refractivity contribution in [3.05, 3.63) is 87.9 Å². The number of phenolic OH excluding ortho intramolecular Hbond substituents is 1. The molecule has 136 valence electrons. The van der Waals surface area contributed by atoms with Crippen LogP contribution in [-0.2, 0) is 0 Å². The Morgan fingerprint density at radius 2 is 1.07 bits per heavy atom. The summed E-state index contributed by atoms with van der Waals surface area (Å²) >= 11 is 11.9. The van der Waals surface area contributed by atoms with Gasteiger partial charge in [-0.3, -0.25) is 0 Å². The number of carbonyl (C=O) groups excluding carboxylic acids is 2. The highest BCUT2D eigenvalue weighted by atomic mass is 35.5. The molecule has 0 spiro atoms. The van der Waals surface area contributed by atoms with Crippen LogP contribution in [0.15, 0.2) is 66.7 Å². The zero-order valence-corrected chi connectivity index (χ0v) is 15.2. The van der Waals surface area contributed by atoms with E-state index in [2.05, 4.69) is 0 Å². The number of esters is 2. The fraction of sp³-hybridized carbons (Fsp3) is 0. The number of aromatic hydroxyl groups is 1. The highest BCUT2D eigenvalue weighted by Gasteiger charge is 2.19. The molecular formula is C20H12Cl2O5. The Hall–Kier alpha value is -3.02. The molecule has 0 atom stereocenters. The van der Waals surface area contributed by atoms with Crippen LogP contribution in [0.3, 0.4) is 0 Å². The molecule has 1 N–H and O–H groups in total. The van der Waals surface area contributed by atoms with E-state index in [9.17, 15) is 14.7 Å². The molecule has 0 aliphatic heterocycles. The van der Waals surface area contributed by atoms with Crippen molar-refractivity contribution in [1.82, 2.24) is 0 Å². The van der Waals surface area contributed by atoms with E-state index >= 15 is 0 Å². The van der Waals surface area contributed by atoms with E-state index in [-0.39, 0.29) is 32.7 Å². The van der Waals surface area contributed by atoms with Gasteiger partial charge < -0.3 is 14.6 Å². The van der Waals surface area contributed by atoms with Gasteiger partial charge in [0.15, 0.2) is 11.5 Å². The van der Waals surface area contributed by atoms with Crippen LogP contribution >= 0.6 is 23.2 Å². The highest BCUT2D eigenvalue weighted by Crippen LogP contribution is 2.37. The molecule has 0 aliphatic carbocycles. The lowest BCUT2D eigenvalue weighted by Crippen LogP contribution is -2.11. The standard InChI is InChI=1S/C20H12Cl2O5/c21-14-8-3-1-6-12(14)19(24)26-16-10-5-11-17(18(16)23)27-20(25)13-7-2-4-9-15(13)22/h1-11,23H. The summed E-state index contributed by atoms with van der Waals surface area (Å²) in [5, 5.41) is 10.7. The summed E-state index contributed by atoms with van der Waals surface area (Å²) in [6, 6.07) is 16.8. The molecule has 0 amide bonds. The Morgan fingerprint density at radius 1 is 0.667 bits per heavy atom. The maximum absolute atomic E-state index is 12.2. The molecule has 27 heavy (non-hydrogen) atoms. The lowest BCUT2D eigenvalue weighted by molar-refractivity contribution is 0.0722. The second kappa shape index (κ2) is 8.12. The van der Waals surface area contributed by atoms with Crippen molar-refractivity contribution >= 4 is 35.1 Å². The van der Waals surface area contributed by atoms with Crippen LogP contribution in [-0.4, -0.2) is 17.0 Å². The number of carbonyl (C=O) groups is 2. The van der Waals surface area contributed by atoms with Gasteiger partial charge in [-0.1, -0.05) is 53.5 Å². The smallest absolute Gasteiger partial charge is 0.345 e. The van der Waals surface area contributed by atoms with E-state index in [0.717, 1.165) is 0 Å². The third kappa shape index (κ3) is 4.22. The number of rotatable bonds is 4. The van der Waals surface area contributed by atoms with E-state index in [1.165, 1.54) is 30.3 Å². The van der Waals surface area contributed by atoms with E-state index in [1.54, 1.807) is 36.4 Å². The van der Waals surface area contributed by atoms with E-state index in [1.807, 2.05) is 0 Å². The van der Waals surface area contributed by atoms with Gasteiger partial charge in [-0.2, -0.15) is 0 Å². The molecular weight excluding hydrogens is 391 g/mol. The van der Waals surface area contributed by atoms with Gasteiger partial charge in [0.25, 0.3) is 0 Å². The molecule has 0 fully saturated rings. The summed E-state index contributed by atoms with van der Waals surface area (Å²) < 4.78 is 10.3. The van der Waals surface area contributed by atoms with Gasteiger partial charge in [0.1, 0.15) is 0 Å². The lowest BCUT2D eigenvalue weighted by Gasteiger charge is -2.11. The summed E-state index contributed by atoms with van der Waals surface area (Å²) in [6.45, 7) is 0. The number of benzene rings is 3. The molecule has 7 heteroatoms. The highest BCUT2D eigenvalue weighted by molar-refractivity contribution is 6.34. The summed E-state index contributed by atoms with van der Waals surface area (Å²) in [5.74, 6) is -2.37. The number of phenols is 1. The zero-order chi connectivity index (χ0) is 19.4. The molecule has 0 aliphatic rings. The van der Waals surface area contributed by atoms with Crippen LogP contribution in [0.5, 0.6) is 17.2 Å². The van der Waals surface area contributed by atoms with Crippen molar-refractivity contribution < 1.29 is 24.2 Å². The van der Waals surface area contributed by atoms with Gasteiger partial charge in [0, 0.05) is 0 Å². The number of hydrogen-bond acceptors (Lipinski definition) is 5. The Bertz CT molecular complexity index is 939. The average molecular weight is 403 g/mol. The lowest BCUT2D eigenvalue weighted by atomic mass is 10.2. The van der Waals surface area contributed by atoms with E-state index < -0.39 is 17.7 Å². The average Bonchev–Trinajstić information content (AvgIpc) is 2.65. The van der Waals surface area contributed by atoms with Crippen LogP contribution in [0.25, 0.3) is 0 Å². The molecule has 3 aromatic rings. The van der Waals surface area contributed by atoms with Gasteiger partial charge in [-0.25, -0.2) is 9.59 Å². The SMILES string of the molecule is O=C(Oc1cccc(OC(=O)c2ccccc2Cl)c1O)c1ccccc1Cl. The maximum Gasteiger partial charge on any atom is 0.345 e. The maximum atomic E-state index is 12.2. The first-order valence-electron chi connectivity index (χ1n) is 7.73. The van der Waals surface area contributed by atoms with Crippen molar-refractivity contribution in [2.75, 3.05) is 0 Å². The first-order chi connectivity index (χ1) is 13.0. The predicted molar refractivity (Wildman–Crippen MR) is 101 cm³/mol. The first kappa shape index (κ1) is 18.8. The monoisotopic (exact) mass is 402 g/mol. The summed E-state index contributed by atoms with van der Waals surface area (Å²) in [5.41, 5.74) is 0.272. The third-order valence-electron chi connectivity index (χ3n) is 3.55. The molecule has 0 saturated heterocycles. The predicted octanol–water partition coefficient (Wildman–Crippen LogP) is 5.14. The molecule has 0 bridgehead atoms. The fourth-order valence-corrected chi connectivity index (χ4v) is 2.66. The van der Waals surface area contributed by atoms with Crippen molar-refractivity contribution in [1.29, 1.82) is 0 Å². The van der Waals surface area contributed by atoms with Gasteiger partial charge >= 0.3 is 11.9 Å². The van der Waals surface area contributed by atoms with Crippen LogP contribution in [0.4, 0.5) is 0 Å². The third-order valence-corrected chi connectivity index (χ3v) is 4.21. The minimum atomic E-state index is -0.759. The number of ether oxygens (including phenoxy) is 2. The topological polar surface area (TPSA) is 72.8 Å². The second-order valence-corrected chi connectivity index (χ2v) is 6.16. The van der Waals surface area contributed by atoms with E-state index in [0.29, 0.717) is 0 Å². The minimum Gasteiger partial charge on any atom is -0.502 e. The van der Waals surface area contributed by atoms with Crippen molar-refractivity contribution in [3.63, 3.8) is 0 Å². The van der Waals surface area contributed by atoms with Crippen LogP contribution in [0.2, 0.25) is 10.0 Å². The second-order valence-electron chi connectivity index (χ2n) is 5.34. The molecule has 0 heterocycles. The fourth-order valence-electron chi connectivity index (χ4n) is 2.23. The largest absolute Gasteiger partial charge is 0.502 e. The van der Waals surface area contributed by atoms with E-state index in [4.69, 9.17) is 32.7 Å². The van der Waals surface area contributed by atoms with Gasteiger partial charge in [-0.15, -0.1) is 0 Å². The minimum absolute atomic E-state index is 0.136. The van der Waals surface area contributed by atoms with Gasteiger partial charge in [0.2, 0.25) is 5.75 Å². The van der Waals surface area contributed by atoms with Crippen LogP contribution in [0, 0.1) is 0 Å². The quantitative estimate of drug-likeness (QED) is 0.483. The van der Waals surface area contributed by atoms with Gasteiger partial charge in [0.05, 0.1) is 21.2 Å². The first-order valence-corrected chi connectivity index (χ1v) is 8.48. The molecule has 0 saturated carbocycles. The summed E-state index contributed by atoms with van der Waals surface area (Å²) in [7, 11) is 0. The van der Waals surface area contributed by atoms with Gasteiger partial charge in [-0.05, 0) is 36.4 Å². The zero-order valence-electron chi connectivity index (χ0n) is 13.7. The molecule has 0 radical (unpaired) electrons. The molecule has 0 aromatic heterocycles. The number of hydrogen-bond donors (Lipinski definition) is 1. The Labute approximate surface area is 164 Å². The van der Waals surface area contributed by atoms with Crippen molar-refractivity contribution in [3.8, 4) is 17.2 Å². The normalized spacial score (nSPS) is 10.3. The summed E-state index contributed by atoms with van der Waals surface area (Å²) in [6.07, 6.45) is 0. The number of para-hydroxylation sites is 1. The molecule has 3 rings (SSSR count). The Morgan fingerprint density at radius 3 is 1.48 bits per heavy atom. The molecule has 0 unspecified atom stereocenters. The van der Waals surface area contributed by atoms with Crippen molar-refractivity contribution in [2.24, 2.45) is 0 Å². The van der Waals surface area contributed by atoms with Crippen LogP contribution in [0.1, 0.15) is 20.7 Å².